The molecule has 0 radical (unpaired) electrons. The van der Waals surface area contributed by atoms with E-state index in [1.54, 1.807) is 17.1 Å². The van der Waals surface area contributed by atoms with Crippen LogP contribution in [0.1, 0.15) is 44.9 Å². The van der Waals surface area contributed by atoms with E-state index in [0.717, 1.165) is 32.1 Å². The number of hydrogen-bond acceptors (Lipinski definition) is 1. The molecule has 0 fully saturated rings. The molecular weight excluding hydrogens is 328 g/mol. The van der Waals surface area contributed by atoms with Gasteiger partial charge < -0.3 is 5.11 Å². The molecule has 0 aliphatic carbocycles. The van der Waals surface area contributed by atoms with Crippen LogP contribution in [0.2, 0.25) is 0 Å². The van der Waals surface area contributed by atoms with E-state index in [4.69, 9.17) is 5.11 Å². The average Bonchev–Trinajstić information content (AvgIpc) is 2.46. The van der Waals surface area contributed by atoms with Crippen molar-refractivity contribution in [1.29, 1.82) is 0 Å². The predicted octanol–water partition coefficient (Wildman–Crippen LogP) is 4.83. The smallest absolute Gasteiger partial charge is 0.303 e. The molecule has 0 heterocycles. The first-order chi connectivity index (χ1) is 10.3. The zero-order valence-electron chi connectivity index (χ0n) is 12.1. The minimum atomic E-state index is -0.747. The third-order valence-corrected chi connectivity index (χ3v) is 2.68. The molecule has 0 saturated heterocycles. The molecule has 0 amide bonds. The summed E-state index contributed by atoms with van der Waals surface area (Å²) >= 11 is 3.16. The summed E-state index contributed by atoms with van der Waals surface area (Å²) in [5.74, 6) is 11.1. The number of carbonyl (C=O) groups is 1. The quantitative estimate of drug-likeness (QED) is 0.503. The third kappa shape index (κ3) is 18.3. The van der Waals surface area contributed by atoms with Crippen molar-refractivity contribution in [1.82, 2.24) is 0 Å². The molecule has 2 nitrogen and oxygen atoms in total. The first-order valence-electron chi connectivity index (χ1n) is 7.04. The lowest BCUT2D eigenvalue weighted by atomic mass is 10.2. The van der Waals surface area contributed by atoms with E-state index in [2.05, 4.69) is 45.7 Å². The largest absolute Gasteiger partial charge is 0.481 e. The number of rotatable bonds is 8. The van der Waals surface area contributed by atoms with Crippen molar-refractivity contribution in [3.05, 3.63) is 35.4 Å². The van der Waals surface area contributed by atoms with Gasteiger partial charge in [0.2, 0.25) is 0 Å². The fraction of sp³-hybridized carbons (Fsp3) is 0.389. The van der Waals surface area contributed by atoms with Crippen molar-refractivity contribution in [2.24, 2.45) is 0 Å². The van der Waals surface area contributed by atoms with Gasteiger partial charge >= 0.3 is 5.97 Å². The van der Waals surface area contributed by atoms with Gasteiger partial charge in [-0.15, -0.1) is 0 Å². The Bertz CT molecular complexity index is 479. The average molecular weight is 349 g/mol. The summed E-state index contributed by atoms with van der Waals surface area (Å²) < 4.78 is 0. The van der Waals surface area contributed by atoms with Gasteiger partial charge in [-0.05, 0) is 55.3 Å². The number of aliphatic carboxylic acids is 1. The van der Waals surface area contributed by atoms with Gasteiger partial charge in [0.1, 0.15) is 0 Å². The van der Waals surface area contributed by atoms with E-state index in [-0.39, 0.29) is 6.42 Å². The lowest BCUT2D eigenvalue weighted by Crippen LogP contribution is -1.92. The van der Waals surface area contributed by atoms with Gasteiger partial charge in [-0.2, -0.15) is 0 Å². The maximum atomic E-state index is 10.3. The van der Waals surface area contributed by atoms with E-state index in [1.165, 1.54) is 0 Å². The van der Waals surface area contributed by atoms with Crippen LogP contribution in [0.3, 0.4) is 0 Å². The molecule has 21 heavy (non-hydrogen) atoms. The van der Waals surface area contributed by atoms with Gasteiger partial charge in [-0.3, -0.25) is 4.79 Å². The van der Waals surface area contributed by atoms with Gasteiger partial charge in [0.15, 0.2) is 0 Å². The highest BCUT2D eigenvalue weighted by Crippen LogP contribution is 1.99. The van der Waals surface area contributed by atoms with Crippen LogP contribution in [0.5, 0.6) is 0 Å². The molecule has 1 N–H and O–H groups in total. The number of carboxylic acid groups (broad SMARTS) is 1. The Morgan fingerprint density at radius 1 is 0.952 bits per heavy atom. The van der Waals surface area contributed by atoms with Gasteiger partial charge in [0.05, 0.1) is 0 Å². The lowest BCUT2D eigenvalue weighted by molar-refractivity contribution is -0.137. The van der Waals surface area contributed by atoms with Crippen LogP contribution in [0.4, 0.5) is 0 Å². The second-order valence-electron chi connectivity index (χ2n) is 4.24. The molecule has 0 unspecified atom stereocenters. The number of hydrogen-bond donors (Lipinski definition) is 1. The van der Waals surface area contributed by atoms with Crippen molar-refractivity contribution in [3.8, 4) is 23.7 Å². The molecule has 0 aliphatic rings. The molecule has 112 valence electrons. The minimum absolute atomic E-state index is 0.217. The van der Waals surface area contributed by atoms with Crippen LogP contribution in [0, 0.1) is 23.7 Å². The van der Waals surface area contributed by atoms with Gasteiger partial charge in [-0.25, -0.2) is 0 Å². The monoisotopic (exact) mass is 348 g/mol. The van der Waals surface area contributed by atoms with E-state index >= 15 is 0 Å². The Kier molecular flexibility index (Phi) is 15.0. The SMILES string of the molecule is O=C(O)CCC/C=C\C#C/C=C/CCCCC#C/C=C/Br. The summed E-state index contributed by atoms with van der Waals surface area (Å²) in [4.78, 5) is 12.0. The molecule has 0 bridgehead atoms. The highest BCUT2D eigenvalue weighted by molar-refractivity contribution is 9.11. The Hall–Kier alpha value is -1.71. The zero-order chi connectivity index (χ0) is 15.6. The second-order valence-corrected chi connectivity index (χ2v) is 4.77. The van der Waals surface area contributed by atoms with Gasteiger partial charge in [0.25, 0.3) is 0 Å². The van der Waals surface area contributed by atoms with Gasteiger partial charge in [-0.1, -0.05) is 51.8 Å². The first kappa shape index (κ1) is 19.3. The van der Waals surface area contributed by atoms with Crippen LogP contribution < -0.4 is 0 Å². The highest BCUT2D eigenvalue weighted by atomic mass is 79.9. The van der Waals surface area contributed by atoms with Crippen molar-refractivity contribution < 1.29 is 9.90 Å². The second kappa shape index (κ2) is 16.3. The number of carboxylic acids is 1. The van der Waals surface area contributed by atoms with Crippen LogP contribution >= 0.6 is 15.9 Å². The predicted molar refractivity (Wildman–Crippen MR) is 91.9 cm³/mol. The molecule has 0 aliphatic heterocycles. The molecule has 0 aromatic carbocycles. The summed E-state index contributed by atoms with van der Waals surface area (Å²) in [5.41, 5.74) is 0. The maximum absolute atomic E-state index is 10.3. The third-order valence-electron chi connectivity index (χ3n) is 2.42. The fourth-order valence-corrected chi connectivity index (χ4v) is 1.52. The number of unbranched alkanes of at least 4 members (excludes halogenated alkanes) is 4. The van der Waals surface area contributed by atoms with E-state index in [9.17, 15) is 4.79 Å². The van der Waals surface area contributed by atoms with Crippen LogP contribution in [-0.2, 0) is 4.79 Å². The van der Waals surface area contributed by atoms with Crippen molar-refractivity contribution in [2.75, 3.05) is 0 Å². The van der Waals surface area contributed by atoms with Gasteiger partial charge in [0, 0.05) is 12.8 Å². The van der Waals surface area contributed by atoms with E-state index in [0.29, 0.717) is 6.42 Å². The maximum Gasteiger partial charge on any atom is 0.303 e. The first-order valence-corrected chi connectivity index (χ1v) is 7.95. The van der Waals surface area contributed by atoms with E-state index < -0.39 is 5.97 Å². The molecule has 0 aromatic heterocycles. The Morgan fingerprint density at radius 3 is 2.24 bits per heavy atom. The van der Waals surface area contributed by atoms with Crippen molar-refractivity contribution in [2.45, 2.75) is 44.9 Å². The van der Waals surface area contributed by atoms with Crippen LogP contribution in [0.25, 0.3) is 0 Å². The van der Waals surface area contributed by atoms with Crippen LogP contribution in [0.15, 0.2) is 35.4 Å². The molecular formula is C18H21BrO2. The number of halogens is 1. The summed E-state index contributed by atoms with van der Waals surface area (Å²) in [6, 6.07) is 0. The summed E-state index contributed by atoms with van der Waals surface area (Å²) in [6.07, 6.45) is 15.2. The molecule has 0 aromatic rings. The Morgan fingerprint density at radius 2 is 1.62 bits per heavy atom. The lowest BCUT2D eigenvalue weighted by Gasteiger charge is -1.89. The number of allylic oxidation sites excluding steroid dienone is 5. The summed E-state index contributed by atoms with van der Waals surface area (Å²) in [7, 11) is 0. The molecule has 0 rings (SSSR count). The highest BCUT2D eigenvalue weighted by Gasteiger charge is 1.92. The Balaban J connectivity index is 3.52. The molecule has 0 saturated carbocycles. The topological polar surface area (TPSA) is 37.3 Å². The standard InChI is InChI=1S/C18H21BrO2/c19-17-15-13-11-9-7-5-3-1-2-4-6-8-10-12-14-16-18(20)21/h1-2,8,10,15,17H,3,5,7,9,12,14,16H2,(H,20,21)/b2-1+,10-8-,17-15+. The molecule has 3 heteroatoms. The van der Waals surface area contributed by atoms with Crippen LogP contribution in [-0.4, -0.2) is 11.1 Å². The Labute approximate surface area is 136 Å². The normalized spacial score (nSPS) is 10.5. The molecule has 0 atom stereocenters. The fourth-order valence-electron chi connectivity index (χ4n) is 1.39. The zero-order valence-corrected chi connectivity index (χ0v) is 13.7. The minimum Gasteiger partial charge on any atom is -0.481 e. The summed E-state index contributed by atoms with van der Waals surface area (Å²) in [6.45, 7) is 0. The van der Waals surface area contributed by atoms with E-state index in [1.807, 2.05) is 12.2 Å². The van der Waals surface area contributed by atoms with Crippen molar-refractivity contribution in [3.63, 3.8) is 0 Å². The van der Waals surface area contributed by atoms with Crippen molar-refractivity contribution >= 4 is 21.9 Å². The summed E-state index contributed by atoms with van der Waals surface area (Å²) in [5, 5.41) is 8.46. The molecule has 0 spiro atoms.